The molecule has 1 amide bonds. The highest BCUT2D eigenvalue weighted by Crippen LogP contribution is 2.06. The summed E-state index contributed by atoms with van der Waals surface area (Å²) in [5.41, 5.74) is 0.539. The van der Waals surface area contributed by atoms with Gasteiger partial charge in [-0.25, -0.2) is 4.98 Å². The van der Waals surface area contributed by atoms with Crippen LogP contribution in [0.1, 0.15) is 45.0 Å². The lowest BCUT2D eigenvalue weighted by Gasteiger charge is -2.00. The summed E-state index contributed by atoms with van der Waals surface area (Å²) < 4.78 is 0. The minimum atomic E-state index is -0.123. The highest BCUT2D eigenvalue weighted by Gasteiger charge is 2.03. The van der Waals surface area contributed by atoms with Crippen molar-refractivity contribution in [1.29, 1.82) is 0 Å². The Hall–Kier alpha value is -1.09. The van der Waals surface area contributed by atoms with Crippen molar-refractivity contribution < 1.29 is 4.79 Å². The van der Waals surface area contributed by atoms with Crippen molar-refractivity contribution in [2.75, 3.05) is 6.54 Å². The van der Waals surface area contributed by atoms with Crippen molar-refractivity contribution in [2.45, 2.75) is 34.6 Å². The summed E-state index contributed by atoms with van der Waals surface area (Å²) >= 11 is 5.60. The number of halogens is 1. The van der Waals surface area contributed by atoms with Crippen molar-refractivity contribution in [3.63, 3.8) is 0 Å². The molecule has 0 aliphatic heterocycles. The largest absolute Gasteiger partial charge is 0.352 e. The number of aromatic nitrogens is 1. The van der Waals surface area contributed by atoms with Crippen LogP contribution in [-0.2, 0) is 0 Å². The molecule has 1 aromatic heterocycles. The van der Waals surface area contributed by atoms with Crippen LogP contribution in [0.2, 0.25) is 5.15 Å². The molecule has 0 saturated carbocycles. The van der Waals surface area contributed by atoms with E-state index >= 15 is 0 Å². The van der Waals surface area contributed by atoms with E-state index in [2.05, 4.69) is 10.3 Å². The van der Waals surface area contributed by atoms with Crippen molar-refractivity contribution in [2.24, 2.45) is 0 Å². The average Bonchev–Trinajstić information content (AvgIpc) is 2.34. The minimum absolute atomic E-state index is 0.123. The molecule has 0 unspecified atom stereocenters. The molecule has 0 bridgehead atoms. The van der Waals surface area contributed by atoms with Crippen LogP contribution in [0.15, 0.2) is 18.3 Å². The first-order valence-corrected chi connectivity index (χ1v) is 6.01. The molecule has 0 atom stereocenters. The Morgan fingerprint density at radius 3 is 2.38 bits per heavy atom. The molecule has 1 heterocycles. The normalized spacial score (nSPS) is 7.88. The predicted molar refractivity (Wildman–Crippen MR) is 70.0 cm³/mol. The summed E-state index contributed by atoms with van der Waals surface area (Å²) in [4.78, 5) is 15.0. The number of amides is 1. The quantitative estimate of drug-likeness (QED) is 0.809. The first-order valence-electron chi connectivity index (χ1n) is 5.63. The molecule has 0 spiro atoms. The van der Waals surface area contributed by atoms with Crippen molar-refractivity contribution in [3.8, 4) is 0 Å². The molecular formula is C12H21ClN2O. The molecule has 3 nitrogen and oxygen atoms in total. The number of hydrogen-bond acceptors (Lipinski definition) is 2. The second-order valence-corrected chi connectivity index (χ2v) is 2.61. The van der Waals surface area contributed by atoms with E-state index in [9.17, 15) is 4.79 Å². The highest BCUT2D eigenvalue weighted by molar-refractivity contribution is 6.29. The molecule has 92 valence electrons. The Balaban J connectivity index is 0. The maximum atomic E-state index is 11.2. The van der Waals surface area contributed by atoms with Gasteiger partial charge in [0, 0.05) is 18.3 Å². The maximum Gasteiger partial charge on any atom is 0.251 e. The summed E-state index contributed by atoms with van der Waals surface area (Å²) in [6, 6.07) is 3.16. The zero-order valence-electron chi connectivity index (χ0n) is 10.7. The van der Waals surface area contributed by atoms with Gasteiger partial charge in [0.05, 0.1) is 0 Å². The van der Waals surface area contributed by atoms with E-state index in [4.69, 9.17) is 11.6 Å². The molecule has 0 fully saturated rings. The smallest absolute Gasteiger partial charge is 0.251 e. The molecule has 1 N–H and O–H groups in total. The fourth-order valence-corrected chi connectivity index (χ4v) is 0.980. The van der Waals surface area contributed by atoms with E-state index < -0.39 is 0 Å². The van der Waals surface area contributed by atoms with Gasteiger partial charge in [-0.05, 0) is 19.1 Å². The van der Waals surface area contributed by atoms with Crippen LogP contribution in [0.4, 0.5) is 0 Å². The number of rotatable bonds is 2. The van der Waals surface area contributed by atoms with Gasteiger partial charge < -0.3 is 5.32 Å². The van der Waals surface area contributed by atoms with Gasteiger partial charge in [0.1, 0.15) is 5.15 Å². The molecule has 4 heteroatoms. The van der Waals surface area contributed by atoms with Crippen molar-refractivity contribution in [1.82, 2.24) is 10.3 Å². The molecule has 1 aromatic rings. The first-order chi connectivity index (χ1) is 7.74. The Morgan fingerprint density at radius 1 is 1.38 bits per heavy atom. The second kappa shape index (κ2) is 12.0. The summed E-state index contributed by atoms with van der Waals surface area (Å²) in [6.45, 7) is 10.5. The summed E-state index contributed by atoms with van der Waals surface area (Å²) in [6.07, 6.45) is 1.51. The Bertz CT molecular complexity index is 290. The number of carbonyl (C=O) groups excluding carboxylic acids is 1. The van der Waals surface area contributed by atoms with Crippen LogP contribution in [0.5, 0.6) is 0 Å². The maximum absolute atomic E-state index is 11.2. The van der Waals surface area contributed by atoms with Crippen LogP contribution in [-0.4, -0.2) is 17.4 Å². The Morgan fingerprint density at radius 2 is 1.94 bits per heavy atom. The third-order valence-electron chi connectivity index (χ3n) is 1.33. The molecule has 0 saturated heterocycles. The van der Waals surface area contributed by atoms with Gasteiger partial charge >= 0.3 is 0 Å². The fourth-order valence-electron chi connectivity index (χ4n) is 0.806. The SMILES string of the molecule is CC.CC.CCNC(=O)c1ccnc(Cl)c1. The summed E-state index contributed by atoms with van der Waals surface area (Å²) in [7, 11) is 0. The average molecular weight is 245 g/mol. The van der Waals surface area contributed by atoms with Gasteiger partial charge in [-0.15, -0.1) is 0 Å². The lowest BCUT2D eigenvalue weighted by atomic mass is 10.2. The number of nitrogens with zero attached hydrogens (tertiary/aromatic N) is 1. The first kappa shape index (κ1) is 17.3. The van der Waals surface area contributed by atoms with Gasteiger partial charge in [-0.1, -0.05) is 39.3 Å². The zero-order chi connectivity index (χ0) is 13.0. The van der Waals surface area contributed by atoms with E-state index in [0.717, 1.165) is 0 Å². The number of nitrogens with one attached hydrogen (secondary N) is 1. The van der Waals surface area contributed by atoms with E-state index in [1.165, 1.54) is 12.3 Å². The lowest BCUT2D eigenvalue weighted by molar-refractivity contribution is 0.0955. The summed E-state index contributed by atoms with van der Waals surface area (Å²) in [5.74, 6) is -0.123. The van der Waals surface area contributed by atoms with E-state index in [1.807, 2.05) is 34.6 Å². The topological polar surface area (TPSA) is 42.0 Å². The van der Waals surface area contributed by atoms with Gasteiger partial charge in [0.15, 0.2) is 0 Å². The third kappa shape index (κ3) is 7.23. The van der Waals surface area contributed by atoms with Crippen LogP contribution in [0, 0.1) is 0 Å². The minimum Gasteiger partial charge on any atom is -0.352 e. The van der Waals surface area contributed by atoms with Crippen LogP contribution in [0.25, 0.3) is 0 Å². The van der Waals surface area contributed by atoms with E-state index in [-0.39, 0.29) is 5.91 Å². The molecular weight excluding hydrogens is 224 g/mol. The highest BCUT2D eigenvalue weighted by atomic mass is 35.5. The predicted octanol–water partition coefficient (Wildman–Crippen LogP) is 3.54. The molecule has 0 radical (unpaired) electrons. The second-order valence-electron chi connectivity index (χ2n) is 2.23. The number of hydrogen-bond donors (Lipinski definition) is 1. The fraction of sp³-hybridized carbons (Fsp3) is 0.500. The van der Waals surface area contributed by atoms with E-state index in [0.29, 0.717) is 17.3 Å². The molecule has 16 heavy (non-hydrogen) atoms. The number of pyridine rings is 1. The number of carbonyl (C=O) groups is 1. The lowest BCUT2D eigenvalue weighted by Crippen LogP contribution is -2.22. The summed E-state index contributed by atoms with van der Waals surface area (Å²) in [5, 5.41) is 3.00. The van der Waals surface area contributed by atoms with Gasteiger partial charge in [-0.3, -0.25) is 4.79 Å². The van der Waals surface area contributed by atoms with Crippen molar-refractivity contribution in [3.05, 3.63) is 29.0 Å². The van der Waals surface area contributed by atoms with Crippen LogP contribution in [0.3, 0.4) is 0 Å². The molecule has 0 aliphatic carbocycles. The Labute approximate surface area is 103 Å². The van der Waals surface area contributed by atoms with Gasteiger partial charge in [0.2, 0.25) is 0 Å². The van der Waals surface area contributed by atoms with Crippen molar-refractivity contribution >= 4 is 17.5 Å². The monoisotopic (exact) mass is 244 g/mol. The molecule has 0 aliphatic rings. The molecule has 1 rings (SSSR count). The van der Waals surface area contributed by atoms with Crippen LogP contribution >= 0.6 is 11.6 Å². The van der Waals surface area contributed by atoms with Crippen LogP contribution < -0.4 is 5.32 Å². The van der Waals surface area contributed by atoms with Gasteiger partial charge in [-0.2, -0.15) is 0 Å². The standard InChI is InChI=1S/C8H9ClN2O.2C2H6/c1-2-10-8(12)6-3-4-11-7(9)5-6;2*1-2/h3-5H,2H2,1H3,(H,10,12);2*1-2H3. The Kier molecular flexibility index (Phi) is 13.0. The zero-order valence-corrected chi connectivity index (χ0v) is 11.4. The van der Waals surface area contributed by atoms with E-state index in [1.54, 1.807) is 6.07 Å². The van der Waals surface area contributed by atoms with Gasteiger partial charge in [0.25, 0.3) is 5.91 Å². The third-order valence-corrected chi connectivity index (χ3v) is 1.53. The molecule has 0 aromatic carbocycles.